The normalized spacial score (nSPS) is 14.2. The number of hydrogen-bond acceptors (Lipinski definition) is 3. The number of hydrogen-bond donors (Lipinski definition) is 0. The van der Waals surface area contributed by atoms with Crippen LogP contribution >= 0.6 is 0 Å². The van der Waals surface area contributed by atoms with Gasteiger partial charge in [0, 0.05) is 24.2 Å². The quantitative estimate of drug-likeness (QED) is 0.525. The van der Waals surface area contributed by atoms with Crippen molar-refractivity contribution in [2.45, 2.75) is 120 Å². The molecule has 1 aliphatic heterocycles. The van der Waals surface area contributed by atoms with Crippen LogP contribution in [0.25, 0.3) is 0 Å². The molecule has 0 bridgehead atoms. The molecule has 170 valence electrons. The Hall–Kier alpha value is -1.03. The van der Waals surface area contributed by atoms with E-state index in [1.54, 1.807) is 7.11 Å². The first-order chi connectivity index (χ1) is 13.3. The fourth-order valence-corrected chi connectivity index (χ4v) is 3.01. The topological polar surface area (TPSA) is 30.3 Å². The van der Waals surface area contributed by atoms with Gasteiger partial charge >= 0.3 is 0 Å². The van der Waals surface area contributed by atoms with E-state index in [4.69, 9.17) is 4.74 Å². The Morgan fingerprint density at radius 2 is 1.36 bits per heavy atom. The van der Waals surface area contributed by atoms with Gasteiger partial charge in [-0.05, 0) is 39.5 Å². The largest absolute Gasteiger partial charge is 0.481 e. The molecule has 0 radical (unpaired) electrons. The molecule has 4 heteroatoms. The molecule has 0 unspecified atom stereocenters. The van der Waals surface area contributed by atoms with Gasteiger partial charge in [0.2, 0.25) is 5.88 Å². The molecule has 1 aromatic rings. The fraction of sp³-hybridized carbons (Fsp3) is 0.875. The van der Waals surface area contributed by atoms with Gasteiger partial charge in [-0.1, -0.05) is 69.2 Å². The second kappa shape index (κ2) is 18.0. The van der Waals surface area contributed by atoms with Gasteiger partial charge in [-0.3, -0.25) is 4.90 Å². The maximum atomic E-state index is 5.61. The molecular formula is C24H53N3O. The summed E-state index contributed by atoms with van der Waals surface area (Å²) in [6, 6.07) is 0.469. The predicted molar refractivity (Wildman–Crippen MR) is 128 cm³/mol. The van der Waals surface area contributed by atoms with Crippen molar-refractivity contribution in [3.05, 3.63) is 11.8 Å². The summed E-state index contributed by atoms with van der Waals surface area (Å²) >= 11 is 0. The third kappa shape index (κ3) is 9.95. The van der Waals surface area contributed by atoms with Crippen LogP contribution < -0.4 is 4.74 Å². The SMILES string of the molecule is CC.CC.CC.CC.COc1c(C(C)C)cnn1C1CCN(C(C)(C)C)CC1. The first kappa shape index (κ1) is 31.7. The molecule has 1 fully saturated rings. The zero-order valence-electron chi connectivity index (χ0n) is 21.8. The van der Waals surface area contributed by atoms with E-state index in [0.717, 1.165) is 31.8 Å². The van der Waals surface area contributed by atoms with Gasteiger partial charge in [-0.25, -0.2) is 4.68 Å². The van der Waals surface area contributed by atoms with Crippen LogP contribution in [0.15, 0.2) is 6.20 Å². The minimum Gasteiger partial charge on any atom is -0.481 e. The van der Waals surface area contributed by atoms with E-state index in [2.05, 4.69) is 49.3 Å². The van der Waals surface area contributed by atoms with Crippen molar-refractivity contribution in [1.82, 2.24) is 14.7 Å². The third-order valence-corrected chi connectivity index (χ3v) is 4.35. The summed E-state index contributed by atoms with van der Waals surface area (Å²) in [6.07, 6.45) is 4.26. The van der Waals surface area contributed by atoms with Gasteiger partial charge in [-0.2, -0.15) is 5.10 Å². The number of methoxy groups -OCH3 is 1. The Labute approximate surface area is 178 Å². The summed E-state index contributed by atoms with van der Waals surface area (Å²) in [4.78, 5) is 2.56. The van der Waals surface area contributed by atoms with Crippen LogP contribution in [0.4, 0.5) is 0 Å². The molecule has 0 aromatic carbocycles. The maximum absolute atomic E-state index is 5.61. The lowest BCUT2D eigenvalue weighted by molar-refractivity contribution is 0.0847. The first-order valence-electron chi connectivity index (χ1n) is 11.7. The Bertz CT molecular complexity index is 439. The van der Waals surface area contributed by atoms with Crippen LogP contribution in [0.1, 0.15) is 120 Å². The number of ether oxygens (including phenoxy) is 1. The van der Waals surface area contributed by atoms with E-state index < -0.39 is 0 Å². The van der Waals surface area contributed by atoms with E-state index >= 15 is 0 Å². The van der Waals surface area contributed by atoms with Crippen LogP contribution in [0.5, 0.6) is 5.88 Å². The lowest BCUT2D eigenvalue weighted by atomic mass is 9.98. The van der Waals surface area contributed by atoms with Crippen LogP contribution in [0, 0.1) is 0 Å². The molecule has 28 heavy (non-hydrogen) atoms. The highest BCUT2D eigenvalue weighted by Crippen LogP contribution is 2.33. The summed E-state index contributed by atoms with van der Waals surface area (Å²) in [5.41, 5.74) is 1.48. The molecule has 0 saturated carbocycles. The average molecular weight is 400 g/mol. The predicted octanol–water partition coefficient (Wildman–Crippen LogP) is 7.56. The second-order valence-electron chi connectivity index (χ2n) is 7.10. The summed E-state index contributed by atoms with van der Waals surface area (Å²) in [6.45, 7) is 29.5. The van der Waals surface area contributed by atoms with Crippen LogP contribution in [0.2, 0.25) is 0 Å². The highest BCUT2D eigenvalue weighted by molar-refractivity contribution is 5.28. The van der Waals surface area contributed by atoms with Crippen LogP contribution in [-0.4, -0.2) is 40.4 Å². The summed E-state index contributed by atoms with van der Waals surface area (Å²) in [5.74, 6) is 1.41. The molecule has 0 atom stereocenters. The lowest BCUT2D eigenvalue weighted by Gasteiger charge is -2.41. The van der Waals surface area contributed by atoms with E-state index in [9.17, 15) is 0 Å². The molecular weight excluding hydrogens is 346 g/mol. The Morgan fingerprint density at radius 3 is 1.68 bits per heavy atom. The fourth-order valence-electron chi connectivity index (χ4n) is 3.01. The summed E-state index contributed by atoms with van der Waals surface area (Å²) < 4.78 is 7.72. The zero-order valence-corrected chi connectivity index (χ0v) is 21.8. The second-order valence-corrected chi connectivity index (χ2v) is 7.10. The average Bonchev–Trinajstić information content (AvgIpc) is 3.18. The van der Waals surface area contributed by atoms with Gasteiger partial charge in [0.25, 0.3) is 0 Å². The number of aromatic nitrogens is 2. The van der Waals surface area contributed by atoms with Gasteiger partial charge in [0.15, 0.2) is 0 Å². The van der Waals surface area contributed by atoms with Crippen molar-refractivity contribution in [2.75, 3.05) is 20.2 Å². The maximum Gasteiger partial charge on any atom is 0.215 e. The number of piperidine rings is 1. The van der Waals surface area contributed by atoms with E-state index in [0.29, 0.717) is 12.0 Å². The van der Waals surface area contributed by atoms with Crippen molar-refractivity contribution in [1.29, 1.82) is 0 Å². The summed E-state index contributed by atoms with van der Waals surface area (Å²) in [5, 5.41) is 4.59. The minimum atomic E-state index is 0.266. The van der Waals surface area contributed by atoms with Crippen molar-refractivity contribution < 1.29 is 4.74 Å². The Kier molecular flexibility index (Phi) is 20.4. The van der Waals surface area contributed by atoms with Gasteiger partial charge in [-0.15, -0.1) is 0 Å². The molecule has 0 aliphatic carbocycles. The molecule has 0 spiro atoms. The third-order valence-electron chi connectivity index (χ3n) is 4.35. The Morgan fingerprint density at radius 1 is 0.929 bits per heavy atom. The zero-order chi connectivity index (χ0) is 22.9. The molecule has 2 heterocycles. The van der Waals surface area contributed by atoms with Crippen LogP contribution in [-0.2, 0) is 0 Å². The first-order valence-corrected chi connectivity index (χ1v) is 11.7. The van der Waals surface area contributed by atoms with Crippen molar-refractivity contribution >= 4 is 0 Å². The molecule has 4 nitrogen and oxygen atoms in total. The molecule has 1 aliphatic rings. The lowest BCUT2D eigenvalue weighted by Crippen LogP contribution is -2.46. The standard InChI is InChI=1S/C16H29N3O.4C2H6/c1-12(2)14-11-17-19(15(14)20-6)13-7-9-18(10-8-13)16(3,4)5;4*1-2/h11-13H,7-10H2,1-6H3;4*1-2H3. The summed E-state index contributed by atoms with van der Waals surface area (Å²) in [7, 11) is 1.75. The highest BCUT2D eigenvalue weighted by atomic mass is 16.5. The monoisotopic (exact) mass is 399 g/mol. The van der Waals surface area contributed by atoms with Crippen molar-refractivity contribution in [3.63, 3.8) is 0 Å². The van der Waals surface area contributed by atoms with Crippen LogP contribution in [0.3, 0.4) is 0 Å². The Balaban J connectivity index is -0.000000695. The molecule has 0 amide bonds. The van der Waals surface area contributed by atoms with E-state index in [-0.39, 0.29) is 5.54 Å². The van der Waals surface area contributed by atoms with E-state index in [1.807, 2.05) is 61.6 Å². The van der Waals surface area contributed by atoms with Gasteiger partial charge in [0.1, 0.15) is 0 Å². The number of rotatable bonds is 3. The number of nitrogens with zero attached hydrogens (tertiary/aromatic N) is 3. The van der Waals surface area contributed by atoms with Crippen molar-refractivity contribution in [2.24, 2.45) is 0 Å². The minimum absolute atomic E-state index is 0.266. The van der Waals surface area contributed by atoms with E-state index in [1.165, 1.54) is 5.56 Å². The highest BCUT2D eigenvalue weighted by Gasteiger charge is 2.29. The van der Waals surface area contributed by atoms with Crippen molar-refractivity contribution in [3.8, 4) is 5.88 Å². The molecule has 0 N–H and O–H groups in total. The van der Waals surface area contributed by atoms with Gasteiger partial charge < -0.3 is 4.74 Å². The smallest absolute Gasteiger partial charge is 0.215 e. The van der Waals surface area contributed by atoms with Gasteiger partial charge in [0.05, 0.1) is 19.3 Å². The molecule has 2 rings (SSSR count). The molecule has 1 aromatic heterocycles. The molecule has 1 saturated heterocycles. The number of likely N-dealkylation sites (tertiary alicyclic amines) is 1.